The maximum absolute atomic E-state index is 14.6. The largest absolute Gasteiger partial charge is 0.504 e. The molecule has 0 radical (unpaired) electrons. The molecule has 4 amide bonds. The molecule has 1 atom stereocenters. The number of piperidine rings is 1. The van der Waals surface area contributed by atoms with Gasteiger partial charge in [-0.3, -0.25) is 14.4 Å². The number of anilines is 1. The number of carbonyl (C=O) groups excluding carboxylic acids is 3. The van der Waals surface area contributed by atoms with Gasteiger partial charge in [-0.05, 0) is 62.3 Å². The van der Waals surface area contributed by atoms with E-state index in [9.17, 15) is 37.5 Å². The number of fused-ring (bicyclic) bond motifs is 3. The van der Waals surface area contributed by atoms with Gasteiger partial charge in [-0.15, -0.1) is 5.10 Å². The lowest BCUT2D eigenvalue weighted by Crippen LogP contribution is -2.46. The highest BCUT2D eigenvalue weighted by Crippen LogP contribution is 2.50. The van der Waals surface area contributed by atoms with Crippen LogP contribution in [0.4, 0.5) is 23.7 Å². The van der Waals surface area contributed by atoms with Gasteiger partial charge in [0.25, 0.3) is 11.5 Å². The van der Waals surface area contributed by atoms with Crippen LogP contribution in [0.25, 0.3) is 11.4 Å². The molecule has 0 saturated carbocycles. The fraction of sp³-hybridized carbons (Fsp3) is 0.444. The Balaban J connectivity index is 1.26. The van der Waals surface area contributed by atoms with E-state index in [2.05, 4.69) is 20.4 Å². The van der Waals surface area contributed by atoms with E-state index in [0.717, 1.165) is 23.8 Å². The van der Waals surface area contributed by atoms with Crippen molar-refractivity contribution in [1.82, 2.24) is 43.8 Å². The Morgan fingerprint density at radius 2 is 1.84 bits per heavy atom. The number of halogens is 4. The molecule has 1 fully saturated rings. The zero-order chi connectivity index (χ0) is 39.6. The van der Waals surface area contributed by atoms with Crippen molar-refractivity contribution in [3.05, 3.63) is 80.0 Å². The number of aryl methyl sites for hydroxylation is 1. The Bertz CT molecular complexity index is 2330. The third kappa shape index (κ3) is 6.76. The number of aromatic nitrogens is 6. The van der Waals surface area contributed by atoms with Crippen LogP contribution in [0.5, 0.6) is 5.75 Å². The van der Waals surface area contributed by atoms with Gasteiger partial charge in [0.1, 0.15) is 12.9 Å². The number of rotatable bonds is 5. The maximum Gasteiger partial charge on any atom is 0.416 e. The second kappa shape index (κ2) is 14.0. The van der Waals surface area contributed by atoms with Crippen molar-refractivity contribution >= 4 is 46.5 Å². The summed E-state index contributed by atoms with van der Waals surface area (Å²) in [5.41, 5.74) is -0.162. The highest BCUT2D eigenvalue weighted by atomic mass is 35.5. The highest BCUT2D eigenvalue weighted by Gasteiger charge is 2.49. The van der Waals surface area contributed by atoms with Crippen molar-refractivity contribution < 1.29 is 32.7 Å². The summed E-state index contributed by atoms with van der Waals surface area (Å²) in [6, 6.07) is 2.49. The monoisotopic (exact) mass is 782 g/mol. The quantitative estimate of drug-likeness (QED) is 0.297. The van der Waals surface area contributed by atoms with Crippen LogP contribution >= 0.6 is 11.6 Å². The van der Waals surface area contributed by atoms with E-state index in [-0.39, 0.29) is 71.0 Å². The summed E-state index contributed by atoms with van der Waals surface area (Å²) in [6.07, 6.45) is 0.171. The smallest absolute Gasteiger partial charge is 0.416 e. The van der Waals surface area contributed by atoms with Gasteiger partial charge in [-0.25, -0.2) is 14.8 Å². The first-order valence-corrected chi connectivity index (χ1v) is 18.0. The summed E-state index contributed by atoms with van der Waals surface area (Å²) < 4.78 is 42.7. The lowest BCUT2D eigenvalue weighted by Gasteiger charge is -2.39. The number of carbonyl (C=O) groups is 3. The van der Waals surface area contributed by atoms with E-state index < -0.39 is 34.5 Å². The van der Waals surface area contributed by atoms with E-state index in [1.807, 2.05) is 13.0 Å². The average molecular weight is 783 g/mol. The van der Waals surface area contributed by atoms with Gasteiger partial charge in [-0.2, -0.15) is 22.7 Å². The van der Waals surface area contributed by atoms with Crippen molar-refractivity contribution in [2.24, 2.45) is 0 Å². The SMILES string of the molecule is Cc1ncnc(C(=O)N2CCC3(CC2)C[C@H](C)c2c3c(=O)n3nc(C4=CCN(C(=O)N(C)C)CC4)nc3n2CC(=O)Nc2ccc(C(F)(F)F)cc2Cl)c1O. The van der Waals surface area contributed by atoms with Crippen LogP contribution in [0, 0.1) is 6.92 Å². The van der Waals surface area contributed by atoms with Crippen molar-refractivity contribution in [2.75, 3.05) is 45.6 Å². The van der Waals surface area contributed by atoms with Crippen LogP contribution < -0.4 is 10.9 Å². The fourth-order valence-electron chi connectivity index (χ4n) is 7.98. The molecule has 1 aromatic carbocycles. The van der Waals surface area contributed by atoms with Gasteiger partial charge in [0.2, 0.25) is 11.7 Å². The third-order valence-electron chi connectivity index (χ3n) is 10.7. The zero-order valence-electron chi connectivity index (χ0n) is 30.4. The molecule has 5 heterocycles. The second-order valence-electron chi connectivity index (χ2n) is 14.5. The number of nitrogens with one attached hydrogen (secondary N) is 1. The van der Waals surface area contributed by atoms with Crippen molar-refractivity contribution in [3.8, 4) is 5.75 Å². The van der Waals surface area contributed by atoms with Gasteiger partial charge in [0.05, 0.1) is 22.0 Å². The van der Waals surface area contributed by atoms with Crippen LogP contribution in [-0.4, -0.2) is 107 Å². The second-order valence-corrected chi connectivity index (χ2v) is 14.9. The number of urea groups is 1. The minimum Gasteiger partial charge on any atom is -0.504 e. The van der Waals surface area contributed by atoms with E-state index >= 15 is 0 Å². The van der Waals surface area contributed by atoms with Crippen LogP contribution in [0.15, 0.2) is 35.4 Å². The zero-order valence-corrected chi connectivity index (χ0v) is 31.2. The number of amides is 4. The molecule has 1 aliphatic carbocycles. The fourth-order valence-corrected chi connectivity index (χ4v) is 8.21. The Morgan fingerprint density at radius 3 is 2.47 bits per heavy atom. The van der Waals surface area contributed by atoms with Gasteiger partial charge < -0.3 is 29.7 Å². The summed E-state index contributed by atoms with van der Waals surface area (Å²) in [6.45, 7) is 4.37. The Hall–Kier alpha value is -5.52. The van der Waals surface area contributed by atoms with Gasteiger partial charge >= 0.3 is 12.2 Å². The lowest BCUT2D eigenvalue weighted by atomic mass is 9.73. The number of hydrogen-bond donors (Lipinski definition) is 2. The molecule has 19 heteroatoms. The standard InChI is InChI=1S/C36H38ClF3N10O5/c1-19-16-35(9-13-47(14-10-35)32(54)27-29(52)20(2)41-18-42-27)26-28(19)49(17-25(51)43-24-6-5-22(15-23(24)37)36(38,39)40)33-44-30(45-50(33)31(26)53)21-7-11-48(12-8-21)34(55)46(3)4/h5-7,15,18-19,52H,8-14,16-17H2,1-4H3,(H,43,51)/t19-/m0/s1. The lowest BCUT2D eigenvalue weighted by molar-refractivity contribution is -0.137. The summed E-state index contributed by atoms with van der Waals surface area (Å²) in [7, 11) is 3.33. The molecule has 55 heavy (non-hydrogen) atoms. The van der Waals surface area contributed by atoms with Crippen molar-refractivity contribution in [3.63, 3.8) is 0 Å². The first-order valence-electron chi connectivity index (χ1n) is 17.6. The summed E-state index contributed by atoms with van der Waals surface area (Å²) in [5, 5.41) is 17.4. The molecule has 290 valence electrons. The maximum atomic E-state index is 14.6. The minimum atomic E-state index is -4.63. The first kappa shape index (κ1) is 37.8. The molecule has 0 unspecified atom stereocenters. The molecule has 4 aromatic rings. The number of nitrogens with zero attached hydrogens (tertiary/aromatic N) is 9. The number of alkyl halides is 3. The van der Waals surface area contributed by atoms with Gasteiger partial charge in [0, 0.05) is 56.9 Å². The molecule has 1 saturated heterocycles. The molecule has 3 aliphatic rings. The molecule has 1 spiro atoms. The summed E-state index contributed by atoms with van der Waals surface area (Å²) in [5.74, 6) is -1.25. The normalized spacial score (nSPS) is 18.0. The number of benzene rings is 1. The van der Waals surface area contributed by atoms with Crippen LogP contribution in [0.3, 0.4) is 0 Å². The number of aromatic hydroxyl groups is 1. The third-order valence-corrected chi connectivity index (χ3v) is 11.0. The molecule has 0 bridgehead atoms. The first-order chi connectivity index (χ1) is 26.0. The number of likely N-dealkylation sites (tertiary alicyclic amines) is 1. The molecular weight excluding hydrogens is 745 g/mol. The number of hydrogen-bond acceptors (Lipinski definition) is 9. The topological polar surface area (TPSA) is 171 Å². The Labute approximate surface area is 317 Å². The summed E-state index contributed by atoms with van der Waals surface area (Å²) in [4.78, 5) is 71.7. The van der Waals surface area contributed by atoms with Crippen LogP contribution in [0.2, 0.25) is 5.02 Å². The molecule has 2 aliphatic heterocycles. The van der Waals surface area contributed by atoms with Crippen LogP contribution in [-0.2, 0) is 22.9 Å². The van der Waals surface area contributed by atoms with E-state index in [4.69, 9.17) is 16.6 Å². The van der Waals surface area contributed by atoms with E-state index in [0.29, 0.717) is 50.0 Å². The van der Waals surface area contributed by atoms with Crippen molar-refractivity contribution in [1.29, 1.82) is 0 Å². The van der Waals surface area contributed by atoms with Crippen molar-refractivity contribution in [2.45, 2.75) is 63.6 Å². The molecule has 15 nitrogen and oxygen atoms in total. The van der Waals surface area contributed by atoms with E-state index in [1.54, 1.807) is 35.4 Å². The average Bonchev–Trinajstić information content (AvgIpc) is 3.71. The Morgan fingerprint density at radius 1 is 1.11 bits per heavy atom. The van der Waals surface area contributed by atoms with E-state index in [1.165, 1.54) is 15.7 Å². The molecule has 2 N–H and O–H groups in total. The highest BCUT2D eigenvalue weighted by molar-refractivity contribution is 6.33. The van der Waals surface area contributed by atoms with Gasteiger partial charge in [0.15, 0.2) is 17.3 Å². The molecule has 7 rings (SSSR count). The van der Waals surface area contributed by atoms with Crippen LogP contribution in [0.1, 0.15) is 77.4 Å². The predicted octanol–water partition coefficient (Wildman–Crippen LogP) is 4.46. The Kier molecular flexibility index (Phi) is 9.59. The predicted molar refractivity (Wildman–Crippen MR) is 194 cm³/mol. The summed E-state index contributed by atoms with van der Waals surface area (Å²) >= 11 is 6.17. The molecule has 3 aromatic heterocycles. The van der Waals surface area contributed by atoms with Gasteiger partial charge in [-0.1, -0.05) is 24.6 Å². The molecular formula is C36H38ClF3N10O5. The minimum absolute atomic E-state index is 0.0220.